The lowest BCUT2D eigenvalue weighted by atomic mass is 9.75. The van der Waals surface area contributed by atoms with Crippen LogP contribution in [0.2, 0.25) is 0 Å². The number of ether oxygens (including phenoxy) is 1. The molecule has 2 rings (SSSR count). The van der Waals surface area contributed by atoms with Gasteiger partial charge in [0.05, 0.1) is 16.1 Å². The minimum atomic E-state index is -0.687. The van der Waals surface area contributed by atoms with E-state index in [4.69, 9.17) is 14.0 Å². The maximum atomic E-state index is 12.3. The van der Waals surface area contributed by atoms with Crippen LogP contribution in [0.25, 0.3) is 0 Å². The lowest BCUT2D eigenvalue weighted by molar-refractivity contribution is -0.384. The summed E-state index contributed by atoms with van der Waals surface area (Å²) >= 11 is 0. The molecule has 28 heavy (non-hydrogen) atoms. The number of nitro benzene ring substituents is 1. The van der Waals surface area contributed by atoms with Gasteiger partial charge in [0.1, 0.15) is 5.60 Å². The summed E-state index contributed by atoms with van der Waals surface area (Å²) in [6.45, 7) is 13.2. The number of carbonyl (C=O) groups is 1. The Labute approximate surface area is 166 Å². The summed E-state index contributed by atoms with van der Waals surface area (Å²) in [5.41, 5.74) is -0.571. The van der Waals surface area contributed by atoms with Crippen LogP contribution in [0.5, 0.6) is 0 Å². The molecule has 0 saturated carbocycles. The molecule has 8 nitrogen and oxygen atoms in total. The van der Waals surface area contributed by atoms with Crippen molar-refractivity contribution >= 4 is 24.4 Å². The molecule has 0 aliphatic carbocycles. The quantitative estimate of drug-likeness (QED) is 0.444. The number of carbonyl (C=O) groups excluding carboxylic acids is 1. The van der Waals surface area contributed by atoms with Gasteiger partial charge >= 0.3 is 13.2 Å². The van der Waals surface area contributed by atoms with E-state index >= 15 is 0 Å². The van der Waals surface area contributed by atoms with Crippen molar-refractivity contribution in [1.82, 2.24) is 4.90 Å². The maximum Gasteiger partial charge on any atom is 0.495 e. The Kier molecular flexibility index (Phi) is 5.83. The Morgan fingerprint density at radius 3 is 2.21 bits per heavy atom. The SMILES string of the molecule is CN(Cc1cc([N+](=O)[O-])ccc1B1OC(C)(C)C(C)(C)O1)C(=O)OC(C)(C)C. The lowest BCUT2D eigenvalue weighted by Gasteiger charge is -2.32. The molecule has 154 valence electrons. The van der Waals surface area contributed by atoms with E-state index in [1.807, 2.05) is 27.7 Å². The first kappa shape index (κ1) is 22.2. The van der Waals surface area contributed by atoms with Crippen LogP contribution in [0, 0.1) is 10.1 Å². The largest absolute Gasteiger partial charge is 0.495 e. The summed E-state index contributed by atoms with van der Waals surface area (Å²) in [5, 5.41) is 11.2. The summed E-state index contributed by atoms with van der Waals surface area (Å²) < 4.78 is 17.5. The molecule has 1 saturated heterocycles. The summed E-state index contributed by atoms with van der Waals surface area (Å²) in [7, 11) is 0.897. The first-order chi connectivity index (χ1) is 12.6. The van der Waals surface area contributed by atoms with Gasteiger partial charge in [-0.2, -0.15) is 0 Å². The molecular weight excluding hydrogens is 363 g/mol. The van der Waals surface area contributed by atoms with Gasteiger partial charge in [-0.1, -0.05) is 6.07 Å². The van der Waals surface area contributed by atoms with E-state index in [9.17, 15) is 14.9 Å². The van der Waals surface area contributed by atoms with Crippen molar-refractivity contribution in [3.8, 4) is 0 Å². The smallest absolute Gasteiger partial charge is 0.444 e. The molecule has 1 heterocycles. The highest BCUT2D eigenvalue weighted by atomic mass is 16.7. The number of amides is 1. The van der Waals surface area contributed by atoms with Crippen molar-refractivity contribution < 1.29 is 23.8 Å². The Bertz CT molecular complexity index is 756. The van der Waals surface area contributed by atoms with Gasteiger partial charge in [-0.15, -0.1) is 0 Å². The van der Waals surface area contributed by atoms with Crippen LogP contribution in [0.15, 0.2) is 18.2 Å². The first-order valence-electron chi connectivity index (χ1n) is 9.20. The average Bonchev–Trinajstić information content (AvgIpc) is 2.73. The fourth-order valence-corrected chi connectivity index (χ4v) is 2.70. The second kappa shape index (κ2) is 7.37. The van der Waals surface area contributed by atoms with Crippen molar-refractivity contribution in [1.29, 1.82) is 0 Å². The van der Waals surface area contributed by atoms with Crippen molar-refractivity contribution in [2.75, 3.05) is 7.05 Å². The summed E-state index contributed by atoms with van der Waals surface area (Å²) in [5.74, 6) is 0. The van der Waals surface area contributed by atoms with Gasteiger partial charge in [0.25, 0.3) is 5.69 Å². The van der Waals surface area contributed by atoms with Crippen molar-refractivity contribution in [3.05, 3.63) is 33.9 Å². The Hall–Kier alpha value is -2.13. The minimum Gasteiger partial charge on any atom is -0.444 e. The maximum absolute atomic E-state index is 12.3. The molecule has 0 unspecified atom stereocenters. The van der Waals surface area contributed by atoms with Gasteiger partial charge in [-0.05, 0) is 59.5 Å². The standard InChI is InChI=1S/C19H29BN2O6/c1-17(2,3)26-16(23)21(8)12-13-11-14(22(24)25)9-10-15(13)20-27-18(4,5)19(6,7)28-20/h9-11H,12H2,1-8H3. The molecule has 0 N–H and O–H groups in total. The predicted molar refractivity (Wildman–Crippen MR) is 107 cm³/mol. The number of hydrogen-bond acceptors (Lipinski definition) is 6. The Morgan fingerprint density at radius 1 is 1.21 bits per heavy atom. The van der Waals surface area contributed by atoms with Crippen LogP contribution in [-0.4, -0.2) is 46.9 Å². The molecule has 1 aromatic carbocycles. The van der Waals surface area contributed by atoms with Gasteiger partial charge in [0.15, 0.2) is 0 Å². The number of benzene rings is 1. The van der Waals surface area contributed by atoms with E-state index in [1.54, 1.807) is 33.9 Å². The van der Waals surface area contributed by atoms with Crippen LogP contribution in [-0.2, 0) is 20.6 Å². The number of nitro groups is 1. The fourth-order valence-electron chi connectivity index (χ4n) is 2.70. The second-order valence-corrected chi connectivity index (χ2v) is 9.06. The topological polar surface area (TPSA) is 91.1 Å². The van der Waals surface area contributed by atoms with Crippen LogP contribution >= 0.6 is 0 Å². The van der Waals surface area contributed by atoms with Crippen molar-refractivity contribution in [3.63, 3.8) is 0 Å². The summed E-state index contributed by atoms with van der Waals surface area (Å²) in [6, 6.07) is 4.48. The predicted octanol–water partition coefficient (Wildman–Crippen LogP) is 3.26. The van der Waals surface area contributed by atoms with E-state index in [-0.39, 0.29) is 12.2 Å². The third-order valence-corrected chi connectivity index (χ3v) is 4.96. The zero-order valence-electron chi connectivity index (χ0n) is 17.9. The zero-order valence-corrected chi connectivity index (χ0v) is 17.9. The van der Waals surface area contributed by atoms with Gasteiger partial charge in [-0.3, -0.25) is 10.1 Å². The Morgan fingerprint density at radius 2 is 1.75 bits per heavy atom. The lowest BCUT2D eigenvalue weighted by Crippen LogP contribution is -2.41. The van der Waals surface area contributed by atoms with Gasteiger partial charge in [-0.25, -0.2) is 4.79 Å². The van der Waals surface area contributed by atoms with E-state index in [2.05, 4.69) is 0 Å². The monoisotopic (exact) mass is 392 g/mol. The molecule has 1 aliphatic heterocycles. The van der Waals surface area contributed by atoms with Gasteiger partial charge in [0, 0.05) is 25.7 Å². The van der Waals surface area contributed by atoms with Crippen LogP contribution < -0.4 is 5.46 Å². The average molecular weight is 392 g/mol. The number of nitrogens with zero attached hydrogens (tertiary/aromatic N) is 2. The highest BCUT2D eigenvalue weighted by Crippen LogP contribution is 2.37. The summed E-state index contributed by atoms with van der Waals surface area (Å²) in [4.78, 5) is 24.5. The molecule has 1 aliphatic rings. The molecule has 9 heteroatoms. The van der Waals surface area contributed by atoms with E-state index in [0.717, 1.165) is 0 Å². The molecular formula is C19H29BN2O6. The third-order valence-electron chi connectivity index (χ3n) is 4.96. The van der Waals surface area contributed by atoms with Crippen LogP contribution in [0.3, 0.4) is 0 Å². The highest BCUT2D eigenvalue weighted by Gasteiger charge is 2.52. The van der Waals surface area contributed by atoms with Crippen molar-refractivity contribution in [2.45, 2.75) is 71.8 Å². The molecule has 1 amide bonds. The van der Waals surface area contributed by atoms with E-state index in [0.29, 0.717) is 11.0 Å². The van der Waals surface area contributed by atoms with E-state index < -0.39 is 34.9 Å². The van der Waals surface area contributed by atoms with Crippen LogP contribution in [0.1, 0.15) is 54.0 Å². The zero-order chi connectivity index (χ0) is 21.5. The molecule has 0 aromatic heterocycles. The number of rotatable bonds is 4. The third kappa shape index (κ3) is 4.83. The van der Waals surface area contributed by atoms with E-state index in [1.165, 1.54) is 17.0 Å². The molecule has 1 aromatic rings. The Balaban J connectivity index is 2.35. The molecule has 0 radical (unpaired) electrons. The number of non-ortho nitro benzene ring substituents is 1. The molecule has 1 fully saturated rings. The normalized spacial score (nSPS) is 18.1. The highest BCUT2D eigenvalue weighted by molar-refractivity contribution is 6.62. The molecule has 0 bridgehead atoms. The fraction of sp³-hybridized carbons (Fsp3) is 0.632. The molecule has 0 atom stereocenters. The van der Waals surface area contributed by atoms with Gasteiger partial charge in [0.2, 0.25) is 0 Å². The second-order valence-electron chi connectivity index (χ2n) is 9.06. The summed E-state index contributed by atoms with van der Waals surface area (Å²) in [6.07, 6.45) is -0.515. The molecule has 0 spiro atoms. The van der Waals surface area contributed by atoms with Crippen LogP contribution in [0.4, 0.5) is 10.5 Å². The minimum absolute atomic E-state index is 0.0622. The first-order valence-corrected chi connectivity index (χ1v) is 9.20. The number of hydrogen-bond donors (Lipinski definition) is 0. The van der Waals surface area contributed by atoms with Gasteiger partial charge < -0.3 is 18.9 Å². The van der Waals surface area contributed by atoms with Crippen molar-refractivity contribution in [2.24, 2.45) is 0 Å².